The molecule has 0 unspecified atom stereocenters. The second-order valence-corrected chi connectivity index (χ2v) is 1.89. The van der Waals surface area contributed by atoms with E-state index in [9.17, 15) is 4.39 Å². The normalized spacial score (nSPS) is 7.82. The van der Waals surface area contributed by atoms with Crippen LogP contribution in [0, 0.1) is 5.82 Å². The lowest BCUT2D eigenvalue weighted by atomic mass is 10.3. The quantitative estimate of drug-likeness (QED) is 0.569. The van der Waals surface area contributed by atoms with Gasteiger partial charge < -0.3 is 5.11 Å². The molecular weight excluding hydrogens is 143 g/mol. The molecule has 0 aliphatic carbocycles. The number of rotatable bonds is 0. The summed E-state index contributed by atoms with van der Waals surface area (Å²) in [5, 5.41) is 8.57. The van der Waals surface area contributed by atoms with Crippen LogP contribution >= 0.6 is 0 Å². The number of benzene rings is 1. The highest BCUT2D eigenvalue weighted by molar-refractivity contribution is 5.20. The summed E-state index contributed by atoms with van der Waals surface area (Å²) in [6.07, 6.45) is 1.75. The Morgan fingerprint density at radius 1 is 1.55 bits per heavy atom. The monoisotopic (exact) mass is 154 g/mol. The van der Waals surface area contributed by atoms with Crippen LogP contribution in [0.2, 0.25) is 0 Å². The fourth-order valence-electron chi connectivity index (χ4n) is 0.476. The molecule has 1 aromatic rings. The Balaban J connectivity index is 0.000000292. The lowest BCUT2D eigenvalue weighted by Gasteiger charge is -1.86. The van der Waals surface area contributed by atoms with Crippen molar-refractivity contribution >= 4 is 0 Å². The molecule has 11 heavy (non-hydrogen) atoms. The molecule has 0 radical (unpaired) electrons. The Morgan fingerprint density at radius 3 is 2.36 bits per heavy atom. The lowest BCUT2D eigenvalue weighted by molar-refractivity contribution is 0.469. The fourth-order valence-corrected chi connectivity index (χ4v) is 0.476. The minimum atomic E-state index is -0.412. The number of halogens is 1. The molecular formula is C9H11FO. The number of allylic oxidation sites excluding steroid dienone is 1. The molecule has 0 aliphatic rings. The average Bonchev–Trinajstić information content (AvgIpc) is 1.88. The number of phenols is 1. The number of hydrogen-bond donors (Lipinski definition) is 1. The number of aromatic hydroxyl groups is 1. The minimum absolute atomic E-state index is 0.0370. The maximum absolute atomic E-state index is 12.0. The highest BCUT2D eigenvalue weighted by Gasteiger charge is 1.86. The third-order valence-corrected chi connectivity index (χ3v) is 0.808. The molecule has 1 nitrogen and oxygen atoms in total. The van der Waals surface area contributed by atoms with Crippen LogP contribution in [0.15, 0.2) is 36.9 Å². The molecule has 0 aliphatic heterocycles. The van der Waals surface area contributed by atoms with Gasteiger partial charge in [0.05, 0.1) is 0 Å². The van der Waals surface area contributed by atoms with Gasteiger partial charge in [-0.1, -0.05) is 12.1 Å². The highest BCUT2D eigenvalue weighted by Crippen LogP contribution is 2.07. The lowest BCUT2D eigenvalue weighted by Crippen LogP contribution is -1.68. The molecule has 0 spiro atoms. The van der Waals surface area contributed by atoms with E-state index in [1.54, 1.807) is 6.08 Å². The molecule has 0 heterocycles. The van der Waals surface area contributed by atoms with Crippen molar-refractivity contribution < 1.29 is 9.50 Å². The highest BCUT2D eigenvalue weighted by atomic mass is 19.1. The molecule has 0 fully saturated rings. The zero-order valence-corrected chi connectivity index (χ0v) is 6.42. The predicted molar refractivity (Wildman–Crippen MR) is 43.9 cm³/mol. The Labute approximate surface area is 65.8 Å². The second-order valence-electron chi connectivity index (χ2n) is 1.89. The summed E-state index contributed by atoms with van der Waals surface area (Å²) in [6.45, 7) is 5.25. The second kappa shape index (κ2) is 5.47. The van der Waals surface area contributed by atoms with Gasteiger partial charge in [-0.15, -0.1) is 6.58 Å². The Kier molecular flexibility index (Phi) is 4.82. The first-order valence-electron chi connectivity index (χ1n) is 3.22. The van der Waals surface area contributed by atoms with Gasteiger partial charge in [0.2, 0.25) is 0 Å². The van der Waals surface area contributed by atoms with Crippen molar-refractivity contribution in [3.8, 4) is 5.75 Å². The van der Waals surface area contributed by atoms with E-state index in [4.69, 9.17) is 5.11 Å². The molecule has 1 aromatic carbocycles. The van der Waals surface area contributed by atoms with Crippen LogP contribution in [0.5, 0.6) is 5.75 Å². The predicted octanol–water partition coefficient (Wildman–Crippen LogP) is 2.72. The molecule has 0 bridgehead atoms. The van der Waals surface area contributed by atoms with Gasteiger partial charge in [-0.3, -0.25) is 0 Å². The summed E-state index contributed by atoms with van der Waals surface area (Å²) in [5.74, 6) is -0.449. The zero-order chi connectivity index (χ0) is 8.69. The van der Waals surface area contributed by atoms with Crippen molar-refractivity contribution in [2.24, 2.45) is 0 Å². The zero-order valence-electron chi connectivity index (χ0n) is 6.42. The van der Waals surface area contributed by atoms with Crippen LogP contribution in [-0.2, 0) is 0 Å². The SMILES string of the molecule is C=CC.Oc1cccc(F)c1. The van der Waals surface area contributed by atoms with Crippen molar-refractivity contribution in [1.82, 2.24) is 0 Å². The minimum Gasteiger partial charge on any atom is -0.508 e. The number of hydrogen-bond acceptors (Lipinski definition) is 1. The van der Waals surface area contributed by atoms with Gasteiger partial charge >= 0.3 is 0 Å². The molecule has 0 atom stereocenters. The van der Waals surface area contributed by atoms with Gasteiger partial charge in [0.15, 0.2) is 0 Å². The third-order valence-electron chi connectivity index (χ3n) is 0.808. The van der Waals surface area contributed by atoms with E-state index >= 15 is 0 Å². The summed E-state index contributed by atoms with van der Waals surface area (Å²) in [5.41, 5.74) is 0. The van der Waals surface area contributed by atoms with E-state index in [0.717, 1.165) is 6.07 Å². The fraction of sp³-hybridized carbons (Fsp3) is 0.111. The molecule has 0 aromatic heterocycles. The van der Waals surface area contributed by atoms with Crippen LogP contribution in [-0.4, -0.2) is 5.11 Å². The molecule has 1 N–H and O–H groups in total. The largest absolute Gasteiger partial charge is 0.508 e. The van der Waals surface area contributed by atoms with E-state index in [2.05, 4.69) is 6.58 Å². The maximum atomic E-state index is 12.0. The molecule has 0 amide bonds. The van der Waals surface area contributed by atoms with Gasteiger partial charge in [-0.25, -0.2) is 4.39 Å². The number of phenolic OH excluding ortho intramolecular Hbond substituents is 1. The average molecular weight is 154 g/mol. The van der Waals surface area contributed by atoms with Crippen molar-refractivity contribution in [2.75, 3.05) is 0 Å². The molecule has 0 saturated heterocycles. The first-order valence-corrected chi connectivity index (χ1v) is 3.22. The summed E-state index contributed by atoms with van der Waals surface area (Å²) in [4.78, 5) is 0. The van der Waals surface area contributed by atoms with Crippen LogP contribution < -0.4 is 0 Å². The van der Waals surface area contributed by atoms with E-state index in [1.807, 2.05) is 6.92 Å². The van der Waals surface area contributed by atoms with Crippen molar-refractivity contribution in [3.63, 3.8) is 0 Å². The van der Waals surface area contributed by atoms with Crippen LogP contribution in [0.4, 0.5) is 4.39 Å². The van der Waals surface area contributed by atoms with Crippen molar-refractivity contribution in [2.45, 2.75) is 6.92 Å². The molecule has 2 heteroatoms. The molecule has 0 saturated carbocycles. The van der Waals surface area contributed by atoms with Gasteiger partial charge in [-0.2, -0.15) is 0 Å². The smallest absolute Gasteiger partial charge is 0.126 e. The third kappa shape index (κ3) is 5.15. The summed E-state index contributed by atoms with van der Waals surface area (Å²) in [6, 6.07) is 5.20. The topological polar surface area (TPSA) is 20.2 Å². The maximum Gasteiger partial charge on any atom is 0.126 e. The molecule has 1 rings (SSSR count). The van der Waals surface area contributed by atoms with Crippen LogP contribution in [0.3, 0.4) is 0 Å². The van der Waals surface area contributed by atoms with Crippen LogP contribution in [0.25, 0.3) is 0 Å². The van der Waals surface area contributed by atoms with E-state index in [0.29, 0.717) is 0 Å². The van der Waals surface area contributed by atoms with E-state index in [1.165, 1.54) is 18.2 Å². The van der Waals surface area contributed by atoms with Crippen molar-refractivity contribution in [1.29, 1.82) is 0 Å². The van der Waals surface area contributed by atoms with E-state index in [-0.39, 0.29) is 5.75 Å². The summed E-state index contributed by atoms with van der Waals surface area (Å²) in [7, 11) is 0. The van der Waals surface area contributed by atoms with Crippen LogP contribution in [0.1, 0.15) is 6.92 Å². The van der Waals surface area contributed by atoms with E-state index < -0.39 is 5.82 Å². The van der Waals surface area contributed by atoms with Gasteiger partial charge in [0.1, 0.15) is 11.6 Å². The van der Waals surface area contributed by atoms with Gasteiger partial charge in [0, 0.05) is 6.07 Å². The molecule has 60 valence electrons. The van der Waals surface area contributed by atoms with Gasteiger partial charge in [0.25, 0.3) is 0 Å². The Bertz CT molecular complexity index is 203. The van der Waals surface area contributed by atoms with Gasteiger partial charge in [-0.05, 0) is 19.1 Å². The Morgan fingerprint density at radius 2 is 2.09 bits per heavy atom. The standard InChI is InChI=1S/C6H5FO.C3H6/c7-5-2-1-3-6(8)4-5;1-3-2/h1-4,8H;3H,1H2,2H3. The summed E-state index contributed by atoms with van der Waals surface area (Å²) >= 11 is 0. The Hall–Kier alpha value is -1.31. The van der Waals surface area contributed by atoms with Crippen molar-refractivity contribution in [3.05, 3.63) is 42.7 Å². The first-order chi connectivity index (χ1) is 5.20. The summed E-state index contributed by atoms with van der Waals surface area (Å²) < 4.78 is 12.0. The first kappa shape index (κ1) is 9.69.